The molecule has 0 aromatic rings. The summed E-state index contributed by atoms with van der Waals surface area (Å²) < 4.78 is 0. The average Bonchev–Trinajstić information content (AvgIpc) is 1.67. The van der Waals surface area contributed by atoms with Crippen LogP contribution in [0.4, 0.5) is 0 Å². The van der Waals surface area contributed by atoms with Gasteiger partial charge in [0.1, 0.15) is 0 Å². The lowest BCUT2D eigenvalue weighted by atomic mass is 10.4. The molecule has 0 amide bonds. The van der Waals surface area contributed by atoms with Crippen LogP contribution in [0.3, 0.4) is 0 Å². The van der Waals surface area contributed by atoms with E-state index in [4.69, 9.17) is 0 Å². The van der Waals surface area contributed by atoms with Crippen LogP contribution in [0.5, 0.6) is 0 Å². The standard InChI is InChI=1S/C6H15NS/c1-6(2,8-5)7(3)4/h1-5H3. The number of rotatable bonds is 2. The van der Waals surface area contributed by atoms with Crippen molar-refractivity contribution in [3.8, 4) is 0 Å². The molecule has 0 saturated carbocycles. The molecule has 0 N–H and O–H groups in total. The Kier molecular flexibility index (Phi) is 2.84. The Labute approximate surface area is 56.4 Å². The summed E-state index contributed by atoms with van der Waals surface area (Å²) in [7, 11) is 4.19. The lowest BCUT2D eigenvalue weighted by Gasteiger charge is -2.30. The summed E-state index contributed by atoms with van der Waals surface area (Å²) >= 11 is 1.86. The first-order valence-electron chi connectivity index (χ1n) is 2.73. The molecule has 0 aliphatic carbocycles. The van der Waals surface area contributed by atoms with Gasteiger partial charge in [-0.2, -0.15) is 0 Å². The molecule has 8 heavy (non-hydrogen) atoms. The van der Waals surface area contributed by atoms with Gasteiger partial charge in [0.2, 0.25) is 0 Å². The Morgan fingerprint density at radius 3 is 1.62 bits per heavy atom. The van der Waals surface area contributed by atoms with Crippen molar-refractivity contribution in [1.29, 1.82) is 0 Å². The van der Waals surface area contributed by atoms with Gasteiger partial charge < -0.3 is 0 Å². The molecule has 1 nitrogen and oxygen atoms in total. The maximum absolute atomic E-state index is 2.21. The Morgan fingerprint density at radius 2 is 1.62 bits per heavy atom. The maximum atomic E-state index is 2.21. The molecule has 0 heterocycles. The number of thioether (sulfide) groups is 1. The highest BCUT2D eigenvalue weighted by Gasteiger charge is 2.17. The van der Waals surface area contributed by atoms with Gasteiger partial charge in [0.15, 0.2) is 0 Å². The van der Waals surface area contributed by atoms with E-state index in [0.29, 0.717) is 4.87 Å². The normalized spacial score (nSPS) is 12.8. The molecule has 0 aliphatic heterocycles. The summed E-state index contributed by atoms with van der Waals surface area (Å²) in [5.41, 5.74) is 0. The fourth-order valence-corrected chi connectivity index (χ4v) is 0.548. The molecule has 0 fully saturated rings. The van der Waals surface area contributed by atoms with Crippen LogP contribution in [0.1, 0.15) is 13.8 Å². The number of hydrogen-bond acceptors (Lipinski definition) is 2. The van der Waals surface area contributed by atoms with Crippen LogP contribution in [-0.4, -0.2) is 30.1 Å². The third kappa shape index (κ3) is 2.05. The summed E-state index contributed by atoms with van der Waals surface area (Å²) in [5, 5.41) is 0. The van der Waals surface area contributed by atoms with Crippen molar-refractivity contribution < 1.29 is 0 Å². The lowest BCUT2D eigenvalue weighted by Crippen LogP contribution is -2.33. The molecule has 0 radical (unpaired) electrons. The van der Waals surface area contributed by atoms with E-state index in [0.717, 1.165) is 0 Å². The van der Waals surface area contributed by atoms with Crippen LogP contribution in [0.15, 0.2) is 0 Å². The minimum Gasteiger partial charge on any atom is -0.296 e. The molecule has 0 saturated heterocycles. The fraction of sp³-hybridized carbons (Fsp3) is 1.00. The van der Waals surface area contributed by atoms with Crippen molar-refractivity contribution in [2.45, 2.75) is 18.7 Å². The first-order chi connectivity index (χ1) is 3.50. The Hall–Kier alpha value is 0.310. The topological polar surface area (TPSA) is 3.24 Å². The van der Waals surface area contributed by atoms with Crippen LogP contribution >= 0.6 is 11.8 Å². The zero-order chi connectivity index (χ0) is 6.78. The largest absolute Gasteiger partial charge is 0.296 e. The Bertz CT molecular complexity index is 68.9. The molecule has 50 valence electrons. The van der Waals surface area contributed by atoms with Gasteiger partial charge in [-0.15, -0.1) is 11.8 Å². The monoisotopic (exact) mass is 133 g/mol. The zero-order valence-corrected chi connectivity index (χ0v) is 7.17. The molecule has 0 aromatic heterocycles. The fourth-order valence-electron chi connectivity index (χ4n) is 0.183. The van der Waals surface area contributed by atoms with Crippen LogP contribution in [0.25, 0.3) is 0 Å². The van der Waals surface area contributed by atoms with E-state index in [2.05, 4.69) is 39.1 Å². The average molecular weight is 133 g/mol. The molecule has 0 atom stereocenters. The minimum absolute atomic E-state index is 0.292. The van der Waals surface area contributed by atoms with E-state index in [1.54, 1.807) is 0 Å². The predicted molar refractivity (Wildman–Crippen MR) is 41.3 cm³/mol. The molecule has 0 spiro atoms. The van der Waals surface area contributed by atoms with Crippen molar-refractivity contribution in [3.63, 3.8) is 0 Å². The minimum atomic E-state index is 0.292. The molecule has 0 unspecified atom stereocenters. The van der Waals surface area contributed by atoms with Crippen molar-refractivity contribution >= 4 is 11.8 Å². The van der Waals surface area contributed by atoms with Gasteiger partial charge in [-0.25, -0.2) is 0 Å². The molecule has 0 rings (SSSR count). The van der Waals surface area contributed by atoms with Gasteiger partial charge in [-0.05, 0) is 34.2 Å². The van der Waals surface area contributed by atoms with E-state index in [1.807, 2.05) is 11.8 Å². The van der Waals surface area contributed by atoms with Gasteiger partial charge in [0.25, 0.3) is 0 Å². The SMILES string of the molecule is CSC(C)(C)N(C)C. The Morgan fingerprint density at radius 1 is 1.25 bits per heavy atom. The van der Waals surface area contributed by atoms with Gasteiger partial charge >= 0.3 is 0 Å². The molecule has 0 bridgehead atoms. The summed E-state index contributed by atoms with van der Waals surface area (Å²) in [6.45, 7) is 4.41. The van der Waals surface area contributed by atoms with E-state index in [-0.39, 0.29) is 0 Å². The van der Waals surface area contributed by atoms with Gasteiger partial charge in [-0.3, -0.25) is 4.90 Å². The second-order valence-corrected chi connectivity index (χ2v) is 3.95. The summed E-state index contributed by atoms with van der Waals surface area (Å²) in [4.78, 5) is 2.50. The highest BCUT2D eigenvalue weighted by molar-refractivity contribution is 7.99. The van der Waals surface area contributed by atoms with Crippen LogP contribution in [0, 0.1) is 0 Å². The predicted octanol–water partition coefficient (Wildman–Crippen LogP) is 1.65. The smallest absolute Gasteiger partial charge is 0.0605 e. The third-order valence-electron chi connectivity index (χ3n) is 1.58. The molecule has 0 aliphatic rings. The zero-order valence-electron chi connectivity index (χ0n) is 6.36. The van der Waals surface area contributed by atoms with Crippen molar-refractivity contribution in [1.82, 2.24) is 4.90 Å². The van der Waals surface area contributed by atoms with E-state index in [9.17, 15) is 0 Å². The van der Waals surface area contributed by atoms with Gasteiger partial charge in [-0.1, -0.05) is 0 Å². The third-order valence-corrected chi connectivity index (χ3v) is 2.94. The second-order valence-electron chi connectivity index (χ2n) is 2.55. The van der Waals surface area contributed by atoms with Crippen LogP contribution in [0.2, 0.25) is 0 Å². The van der Waals surface area contributed by atoms with Gasteiger partial charge in [0.05, 0.1) is 4.87 Å². The summed E-state index contributed by atoms with van der Waals surface area (Å²) in [6, 6.07) is 0. The molecular weight excluding hydrogens is 118 g/mol. The first-order valence-corrected chi connectivity index (χ1v) is 3.96. The van der Waals surface area contributed by atoms with Crippen molar-refractivity contribution in [3.05, 3.63) is 0 Å². The van der Waals surface area contributed by atoms with Crippen molar-refractivity contribution in [2.24, 2.45) is 0 Å². The van der Waals surface area contributed by atoms with E-state index < -0.39 is 0 Å². The number of nitrogens with zero attached hydrogens (tertiary/aromatic N) is 1. The van der Waals surface area contributed by atoms with Crippen molar-refractivity contribution in [2.75, 3.05) is 20.4 Å². The highest BCUT2D eigenvalue weighted by atomic mass is 32.2. The number of hydrogen-bond donors (Lipinski definition) is 0. The highest BCUT2D eigenvalue weighted by Crippen LogP contribution is 2.22. The van der Waals surface area contributed by atoms with Gasteiger partial charge in [0, 0.05) is 0 Å². The van der Waals surface area contributed by atoms with Crippen LogP contribution < -0.4 is 0 Å². The first kappa shape index (κ1) is 8.31. The van der Waals surface area contributed by atoms with Crippen LogP contribution in [-0.2, 0) is 0 Å². The maximum Gasteiger partial charge on any atom is 0.0605 e. The van der Waals surface area contributed by atoms with E-state index in [1.165, 1.54) is 0 Å². The molecular formula is C6H15NS. The quantitative estimate of drug-likeness (QED) is 0.527. The molecule has 0 aromatic carbocycles. The van der Waals surface area contributed by atoms with E-state index >= 15 is 0 Å². The molecule has 2 heteroatoms. The lowest BCUT2D eigenvalue weighted by molar-refractivity contribution is 0.300. The Balaban J connectivity index is 3.71. The summed E-state index contributed by atoms with van der Waals surface area (Å²) in [5.74, 6) is 0. The second kappa shape index (κ2) is 2.74. The summed E-state index contributed by atoms with van der Waals surface area (Å²) in [6.07, 6.45) is 2.12.